The Balaban J connectivity index is 2.77. The highest BCUT2D eigenvalue weighted by Crippen LogP contribution is 2.16. The second-order valence-electron chi connectivity index (χ2n) is 4.12. The first kappa shape index (κ1) is 15.0. The Morgan fingerprint density at radius 2 is 1.72 bits per heavy atom. The van der Waals surface area contributed by atoms with Crippen LogP contribution in [0, 0.1) is 0 Å². The molecule has 0 aromatic heterocycles. The lowest BCUT2D eigenvalue weighted by atomic mass is 10.1. The van der Waals surface area contributed by atoms with Crippen molar-refractivity contribution in [1.82, 2.24) is 4.90 Å². The first-order chi connectivity index (χ1) is 8.63. The van der Waals surface area contributed by atoms with Crippen LogP contribution in [0.1, 0.15) is 19.4 Å². The lowest BCUT2D eigenvalue weighted by molar-refractivity contribution is 0.211. The van der Waals surface area contributed by atoms with Crippen molar-refractivity contribution >= 4 is 27.6 Å². The van der Waals surface area contributed by atoms with Crippen molar-refractivity contribution in [2.75, 3.05) is 30.4 Å². The van der Waals surface area contributed by atoms with E-state index in [9.17, 15) is 4.79 Å². The molecule has 1 aromatic rings. The number of carbonyl (C=O) groups is 1. The Labute approximate surface area is 118 Å². The summed E-state index contributed by atoms with van der Waals surface area (Å²) in [5.41, 5.74) is 2.21. The molecule has 18 heavy (non-hydrogen) atoms. The van der Waals surface area contributed by atoms with Crippen LogP contribution in [0.3, 0.4) is 0 Å². The molecule has 0 bridgehead atoms. The zero-order chi connectivity index (χ0) is 13.5. The molecule has 100 valence electrons. The van der Waals surface area contributed by atoms with Crippen molar-refractivity contribution in [2.24, 2.45) is 0 Å². The molecule has 2 amide bonds. The van der Waals surface area contributed by atoms with E-state index in [-0.39, 0.29) is 6.03 Å². The number of anilines is 1. The van der Waals surface area contributed by atoms with E-state index in [2.05, 4.69) is 28.1 Å². The first-order valence-corrected chi connectivity index (χ1v) is 7.43. The normalized spacial score (nSPS) is 10.2. The predicted molar refractivity (Wildman–Crippen MR) is 80.7 cm³/mol. The van der Waals surface area contributed by atoms with Gasteiger partial charge in [0, 0.05) is 31.2 Å². The van der Waals surface area contributed by atoms with Gasteiger partial charge in [0.2, 0.25) is 0 Å². The minimum atomic E-state index is 0.0493. The molecule has 0 fully saturated rings. The maximum Gasteiger partial charge on any atom is 0.324 e. The largest absolute Gasteiger partial charge is 0.325 e. The molecule has 0 unspecified atom stereocenters. The number of urea groups is 1. The number of hydrogen-bond donors (Lipinski definition) is 0. The molecule has 1 rings (SSSR count). The van der Waals surface area contributed by atoms with Gasteiger partial charge in [-0.3, -0.25) is 4.90 Å². The number of aryl methyl sites for hydroxylation is 1. The van der Waals surface area contributed by atoms with Crippen molar-refractivity contribution in [3.63, 3.8) is 0 Å². The minimum absolute atomic E-state index is 0.0493. The van der Waals surface area contributed by atoms with Crippen molar-refractivity contribution in [2.45, 2.75) is 20.3 Å². The molecular formula is C14H21BrN2O. The van der Waals surface area contributed by atoms with Gasteiger partial charge in [0.25, 0.3) is 0 Å². The molecule has 0 heterocycles. The van der Waals surface area contributed by atoms with E-state index in [0.717, 1.165) is 30.5 Å². The summed E-state index contributed by atoms with van der Waals surface area (Å²) in [6.45, 7) is 5.46. The van der Waals surface area contributed by atoms with Gasteiger partial charge in [-0.05, 0) is 38.0 Å². The zero-order valence-electron chi connectivity index (χ0n) is 11.3. The average Bonchev–Trinajstić information content (AvgIpc) is 2.40. The number of amides is 2. The van der Waals surface area contributed by atoms with E-state index in [0.29, 0.717) is 0 Å². The molecule has 0 aliphatic rings. The Kier molecular flexibility index (Phi) is 6.19. The van der Waals surface area contributed by atoms with Crippen LogP contribution >= 0.6 is 15.9 Å². The van der Waals surface area contributed by atoms with Gasteiger partial charge >= 0.3 is 6.03 Å². The Bertz CT molecular complexity index is 374. The summed E-state index contributed by atoms with van der Waals surface area (Å²) < 4.78 is 0. The standard InChI is InChI=1S/C14H21BrN2O/c1-4-17(5-2)14(18)16(3)13-8-6-12(7-9-13)10-11-15/h6-9H,4-5,10-11H2,1-3H3. The lowest BCUT2D eigenvalue weighted by Gasteiger charge is -2.26. The van der Waals surface area contributed by atoms with Gasteiger partial charge < -0.3 is 4.90 Å². The maximum absolute atomic E-state index is 12.2. The minimum Gasteiger partial charge on any atom is -0.325 e. The van der Waals surface area contributed by atoms with Gasteiger partial charge in [-0.15, -0.1) is 0 Å². The van der Waals surface area contributed by atoms with E-state index in [1.54, 1.807) is 4.90 Å². The lowest BCUT2D eigenvalue weighted by Crippen LogP contribution is -2.41. The molecule has 0 aliphatic carbocycles. The maximum atomic E-state index is 12.2. The number of alkyl halides is 1. The summed E-state index contributed by atoms with van der Waals surface area (Å²) in [4.78, 5) is 15.7. The highest BCUT2D eigenvalue weighted by Gasteiger charge is 2.15. The Morgan fingerprint density at radius 3 is 2.17 bits per heavy atom. The van der Waals surface area contributed by atoms with Crippen molar-refractivity contribution < 1.29 is 4.79 Å². The third-order valence-corrected chi connectivity index (χ3v) is 3.42. The molecule has 0 radical (unpaired) electrons. The van der Waals surface area contributed by atoms with Crippen LogP contribution in [-0.2, 0) is 6.42 Å². The summed E-state index contributed by atoms with van der Waals surface area (Å²) >= 11 is 3.42. The SMILES string of the molecule is CCN(CC)C(=O)N(C)c1ccc(CCBr)cc1. The van der Waals surface area contributed by atoms with Crippen LogP contribution in [0.25, 0.3) is 0 Å². The van der Waals surface area contributed by atoms with Crippen LogP contribution in [0.4, 0.5) is 10.5 Å². The van der Waals surface area contributed by atoms with Crippen molar-refractivity contribution in [1.29, 1.82) is 0 Å². The Hall–Kier alpha value is -1.03. The van der Waals surface area contributed by atoms with Crippen LogP contribution in [0.2, 0.25) is 0 Å². The Morgan fingerprint density at radius 1 is 1.17 bits per heavy atom. The van der Waals surface area contributed by atoms with Crippen molar-refractivity contribution in [3.05, 3.63) is 29.8 Å². The van der Waals surface area contributed by atoms with Gasteiger partial charge in [0.05, 0.1) is 0 Å². The molecule has 3 nitrogen and oxygen atoms in total. The summed E-state index contributed by atoms with van der Waals surface area (Å²) in [5, 5.41) is 0.959. The summed E-state index contributed by atoms with van der Waals surface area (Å²) in [7, 11) is 1.82. The van der Waals surface area contributed by atoms with Crippen molar-refractivity contribution in [3.8, 4) is 0 Å². The highest BCUT2D eigenvalue weighted by atomic mass is 79.9. The van der Waals surface area contributed by atoms with Gasteiger partial charge in [-0.2, -0.15) is 0 Å². The van der Waals surface area contributed by atoms with Gasteiger partial charge in [0.1, 0.15) is 0 Å². The number of halogens is 1. The fourth-order valence-electron chi connectivity index (χ4n) is 1.81. The summed E-state index contributed by atoms with van der Waals surface area (Å²) in [5.74, 6) is 0. The number of nitrogens with zero attached hydrogens (tertiary/aromatic N) is 2. The fourth-order valence-corrected chi connectivity index (χ4v) is 2.27. The summed E-state index contributed by atoms with van der Waals surface area (Å²) in [6, 6.07) is 8.19. The molecule has 0 atom stereocenters. The van der Waals surface area contributed by atoms with Gasteiger partial charge in [-0.1, -0.05) is 28.1 Å². The second-order valence-corrected chi connectivity index (χ2v) is 4.91. The molecule has 0 aliphatic heterocycles. The molecule has 1 aromatic carbocycles. The van der Waals surface area contributed by atoms with Crippen LogP contribution in [-0.4, -0.2) is 36.4 Å². The first-order valence-electron chi connectivity index (χ1n) is 6.31. The van der Waals surface area contributed by atoms with Crippen LogP contribution in [0.5, 0.6) is 0 Å². The third kappa shape index (κ3) is 3.73. The number of hydrogen-bond acceptors (Lipinski definition) is 1. The average molecular weight is 313 g/mol. The molecule has 0 saturated heterocycles. The van der Waals surface area contributed by atoms with E-state index in [1.165, 1.54) is 5.56 Å². The number of rotatable bonds is 5. The smallest absolute Gasteiger partial charge is 0.324 e. The third-order valence-electron chi connectivity index (χ3n) is 3.03. The molecule has 0 saturated carbocycles. The number of benzene rings is 1. The van der Waals surface area contributed by atoms with Crippen LogP contribution < -0.4 is 4.90 Å². The van der Waals surface area contributed by atoms with E-state index in [4.69, 9.17) is 0 Å². The van der Waals surface area contributed by atoms with E-state index in [1.807, 2.05) is 37.9 Å². The predicted octanol–water partition coefficient (Wildman–Crippen LogP) is 3.52. The zero-order valence-corrected chi connectivity index (χ0v) is 12.9. The van der Waals surface area contributed by atoms with E-state index >= 15 is 0 Å². The van der Waals surface area contributed by atoms with Crippen LogP contribution in [0.15, 0.2) is 24.3 Å². The monoisotopic (exact) mass is 312 g/mol. The second kappa shape index (κ2) is 7.41. The molecule has 0 N–H and O–H groups in total. The highest BCUT2D eigenvalue weighted by molar-refractivity contribution is 9.09. The molecular weight excluding hydrogens is 292 g/mol. The fraction of sp³-hybridized carbons (Fsp3) is 0.500. The summed E-state index contributed by atoms with van der Waals surface area (Å²) in [6.07, 6.45) is 1.01. The quantitative estimate of drug-likeness (QED) is 0.763. The van der Waals surface area contributed by atoms with E-state index < -0.39 is 0 Å². The molecule has 4 heteroatoms. The van der Waals surface area contributed by atoms with Gasteiger partial charge in [-0.25, -0.2) is 4.79 Å². The van der Waals surface area contributed by atoms with Gasteiger partial charge in [0.15, 0.2) is 0 Å². The molecule has 0 spiro atoms. The topological polar surface area (TPSA) is 23.6 Å². The number of carbonyl (C=O) groups excluding carboxylic acids is 1.